The zero-order valence-corrected chi connectivity index (χ0v) is 13.6. The molecule has 2 aromatic rings. The summed E-state index contributed by atoms with van der Waals surface area (Å²) in [7, 11) is 0. The van der Waals surface area contributed by atoms with Crippen LogP contribution in [0.2, 0.25) is 0 Å². The van der Waals surface area contributed by atoms with Gasteiger partial charge in [-0.05, 0) is 13.1 Å². The number of pyridine rings is 1. The molecule has 0 amide bonds. The molecule has 0 radical (unpaired) electrons. The van der Waals surface area contributed by atoms with Crippen molar-refractivity contribution in [2.24, 2.45) is 0 Å². The van der Waals surface area contributed by atoms with E-state index >= 15 is 0 Å². The largest absolute Gasteiger partial charge is 1.00 e. The summed E-state index contributed by atoms with van der Waals surface area (Å²) in [6, 6.07) is 4.02. The summed E-state index contributed by atoms with van der Waals surface area (Å²) in [5, 5.41) is 0. The average Bonchev–Trinajstić information content (AvgIpc) is 2.54. The summed E-state index contributed by atoms with van der Waals surface area (Å²) in [6.07, 6.45) is 6.64. The third-order valence-corrected chi connectivity index (χ3v) is 1.47. The van der Waals surface area contributed by atoms with Crippen molar-refractivity contribution in [1.29, 1.82) is 0 Å². The van der Waals surface area contributed by atoms with Crippen molar-refractivity contribution in [2.75, 3.05) is 0 Å². The van der Waals surface area contributed by atoms with E-state index in [9.17, 15) is 0 Å². The Labute approximate surface area is 128 Å². The minimum absolute atomic E-state index is 0. The minimum Gasteiger partial charge on any atom is -0.468 e. The average molecular weight is 247 g/mol. The van der Waals surface area contributed by atoms with Crippen LogP contribution >= 0.6 is 0 Å². The number of aryl methyl sites for hydroxylation is 1. The molecule has 2 aromatic heterocycles. The third-order valence-electron chi connectivity index (χ3n) is 1.47. The van der Waals surface area contributed by atoms with E-state index in [1.807, 2.05) is 43.5 Å². The SMILES string of the molecule is CC.Cc1ccc2nc[c-]n2c1.[Rb+]. The Morgan fingerprint density at radius 2 is 2.00 bits per heavy atom. The number of imidazole rings is 1. The topological polar surface area (TPSA) is 17.3 Å². The van der Waals surface area contributed by atoms with Gasteiger partial charge in [-0.1, -0.05) is 43.9 Å². The molecule has 0 aliphatic rings. The normalized spacial score (nSPS) is 8.54. The van der Waals surface area contributed by atoms with Crippen molar-refractivity contribution in [1.82, 2.24) is 9.38 Å². The Morgan fingerprint density at radius 3 is 2.69 bits per heavy atom. The first-order chi connectivity index (χ1) is 5.86. The smallest absolute Gasteiger partial charge is 0.468 e. The number of hydrogen-bond acceptors (Lipinski definition) is 1. The van der Waals surface area contributed by atoms with Crippen LogP contribution in [-0.2, 0) is 0 Å². The molecule has 0 bridgehead atoms. The van der Waals surface area contributed by atoms with Gasteiger partial charge < -0.3 is 9.38 Å². The fourth-order valence-corrected chi connectivity index (χ4v) is 0.965. The van der Waals surface area contributed by atoms with Crippen molar-refractivity contribution >= 4 is 5.65 Å². The van der Waals surface area contributed by atoms with E-state index in [-0.39, 0.29) is 58.2 Å². The summed E-state index contributed by atoms with van der Waals surface area (Å²) in [4.78, 5) is 4.07. The Balaban J connectivity index is 0.000000451. The molecule has 0 fully saturated rings. The molecule has 3 heteroatoms. The molecule has 0 saturated heterocycles. The van der Waals surface area contributed by atoms with Gasteiger partial charge >= 0.3 is 58.2 Å². The molecule has 2 nitrogen and oxygen atoms in total. The van der Waals surface area contributed by atoms with Crippen LogP contribution in [0.15, 0.2) is 24.5 Å². The van der Waals surface area contributed by atoms with Gasteiger partial charge in [0.2, 0.25) is 0 Å². The second-order valence-corrected chi connectivity index (χ2v) is 2.32. The minimum atomic E-state index is 0. The summed E-state index contributed by atoms with van der Waals surface area (Å²) in [6.45, 7) is 6.05. The maximum absolute atomic E-state index is 4.07. The fraction of sp³-hybridized carbons (Fsp3) is 0.300. The van der Waals surface area contributed by atoms with E-state index in [2.05, 4.69) is 11.2 Å². The van der Waals surface area contributed by atoms with Crippen molar-refractivity contribution < 1.29 is 58.2 Å². The molecule has 0 N–H and O–H groups in total. The predicted molar refractivity (Wildman–Crippen MR) is 50.1 cm³/mol. The maximum atomic E-state index is 4.07. The molecule has 2 heterocycles. The van der Waals surface area contributed by atoms with Crippen LogP contribution in [-0.4, -0.2) is 9.38 Å². The standard InChI is InChI=1S/C8H7N2.C2H6.Rb/c1-7-2-3-8-9-4-5-10(8)6-7;1-2;/h2-4,6H,1H3;1-2H3;/q-1;;+1. The first-order valence-corrected chi connectivity index (χ1v) is 4.18. The molecule has 0 atom stereocenters. The molecule has 0 aromatic carbocycles. The number of aromatic nitrogens is 2. The first kappa shape index (κ1) is 13.5. The van der Waals surface area contributed by atoms with Crippen LogP contribution in [0.1, 0.15) is 19.4 Å². The Hall–Kier alpha value is 0.495. The summed E-state index contributed by atoms with van der Waals surface area (Å²) >= 11 is 0. The van der Waals surface area contributed by atoms with E-state index in [0.717, 1.165) is 5.65 Å². The molecule has 0 spiro atoms. The van der Waals surface area contributed by atoms with Crippen molar-refractivity contribution in [3.8, 4) is 0 Å². The summed E-state index contributed by atoms with van der Waals surface area (Å²) < 4.78 is 1.88. The van der Waals surface area contributed by atoms with Gasteiger partial charge in [-0.15, -0.1) is 0 Å². The molecule has 0 aliphatic carbocycles. The number of nitrogens with zero attached hydrogens (tertiary/aromatic N) is 2. The van der Waals surface area contributed by atoms with Crippen molar-refractivity contribution in [3.05, 3.63) is 36.3 Å². The van der Waals surface area contributed by atoms with Crippen LogP contribution in [0.3, 0.4) is 0 Å². The molecule has 64 valence electrons. The van der Waals surface area contributed by atoms with Crippen LogP contribution in [0.25, 0.3) is 5.65 Å². The molecule has 0 saturated carbocycles. The van der Waals surface area contributed by atoms with Gasteiger partial charge in [0.25, 0.3) is 0 Å². The molecular formula is C10H13N2Rb. The molecule has 13 heavy (non-hydrogen) atoms. The Bertz CT molecular complexity index is 354. The van der Waals surface area contributed by atoms with Crippen molar-refractivity contribution in [2.45, 2.75) is 20.8 Å². The summed E-state index contributed by atoms with van der Waals surface area (Å²) in [5.74, 6) is 0. The van der Waals surface area contributed by atoms with Crippen LogP contribution in [0, 0.1) is 13.1 Å². The van der Waals surface area contributed by atoms with Gasteiger partial charge in [-0.2, -0.15) is 0 Å². The molecular weight excluding hydrogens is 234 g/mol. The first-order valence-electron chi connectivity index (χ1n) is 4.18. The maximum Gasteiger partial charge on any atom is 1.00 e. The quantitative estimate of drug-likeness (QED) is 0.572. The number of rotatable bonds is 0. The third kappa shape index (κ3) is 3.62. The molecule has 2 rings (SSSR count). The van der Waals surface area contributed by atoms with E-state index in [0.29, 0.717) is 0 Å². The number of fused-ring (bicyclic) bond motifs is 1. The van der Waals surface area contributed by atoms with E-state index < -0.39 is 0 Å². The predicted octanol–water partition coefficient (Wildman–Crippen LogP) is -0.527. The summed E-state index contributed by atoms with van der Waals surface area (Å²) in [5.41, 5.74) is 2.17. The Morgan fingerprint density at radius 1 is 1.31 bits per heavy atom. The van der Waals surface area contributed by atoms with Crippen LogP contribution < -0.4 is 58.2 Å². The van der Waals surface area contributed by atoms with E-state index in [1.54, 1.807) is 6.20 Å². The fourth-order valence-electron chi connectivity index (χ4n) is 0.965. The second kappa shape index (κ2) is 6.88. The number of hydrogen-bond donors (Lipinski definition) is 0. The van der Waals surface area contributed by atoms with Gasteiger partial charge in [0.1, 0.15) is 0 Å². The molecule has 0 aliphatic heterocycles. The molecule has 0 unspecified atom stereocenters. The Kier molecular flexibility index (Phi) is 7.14. The van der Waals surface area contributed by atoms with Crippen LogP contribution in [0.4, 0.5) is 0 Å². The van der Waals surface area contributed by atoms with Gasteiger partial charge in [0.05, 0.1) is 0 Å². The monoisotopic (exact) mass is 246 g/mol. The van der Waals surface area contributed by atoms with Gasteiger partial charge in [0, 0.05) is 5.65 Å². The zero-order valence-electron chi connectivity index (χ0n) is 8.70. The van der Waals surface area contributed by atoms with E-state index in [1.165, 1.54) is 5.56 Å². The van der Waals surface area contributed by atoms with E-state index in [4.69, 9.17) is 0 Å². The van der Waals surface area contributed by atoms with Crippen molar-refractivity contribution in [3.63, 3.8) is 0 Å². The van der Waals surface area contributed by atoms with Gasteiger partial charge in [-0.25, -0.2) is 0 Å². The van der Waals surface area contributed by atoms with Crippen LogP contribution in [0.5, 0.6) is 0 Å². The zero-order chi connectivity index (χ0) is 8.97. The van der Waals surface area contributed by atoms with Gasteiger partial charge in [0.15, 0.2) is 0 Å². The second-order valence-electron chi connectivity index (χ2n) is 2.32. The van der Waals surface area contributed by atoms with Gasteiger partial charge in [-0.3, -0.25) is 0 Å².